The van der Waals surface area contributed by atoms with Crippen LogP contribution in [0.2, 0.25) is 0 Å². The molecule has 1 aliphatic rings. The van der Waals surface area contributed by atoms with Gasteiger partial charge in [-0.15, -0.1) is 0 Å². The molecule has 0 spiro atoms. The molecule has 0 amide bonds. The van der Waals surface area contributed by atoms with Crippen molar-refractivity contribution in [2.75, 3.05) is 6.54 Å². The van der Waals surface area contributed by atoms with Crippen molar-refractivity contribution in [2.45, 2.75) is 39.2 Å². The normalized spacial score (nSPS) is 17.9. The predicted molar refractivity (Wildman–Crippen MR) is 81.9 cm³/mol. The molecule has 0 aliphatic heterocycles. The van der Waals surface area contributed by atoms with Crippen LogP contribution < -0.4 is 5.32 Å². The van der Waals surface area contributed by atoms with E-state index in [-0.39, 0.29) is 0 Å². The summed E-state index contributed by atoms with van der Waals surface area (Å²) in [6, 6.07) is 9.14. The van der Waals surface area contributed by atoms with E-state index in [0.717, 1.165) is 12.2 Å². The molecule has 2 aromatic rings. The van der Waals surface area contributed by atoms with Crippen LogP contribution in [-0.4, -0.2) is 16.1 Å². The van der Waals surface area contributed by atoms with E-state index in [4.69, 9.17) is 0 Å². The van der Waals surface area contributed by atoms with Crippen molar-refractivity contribution in [3.63, 3.8) is 0 Å². The number of nitrogens with zero attached hydrogens (tertiary/aromatic N) is 2. The van der Waals surface area contributed by atoms with Gasteiger partial charge >= 0.3 is 0 Å². The molecule has 1 unspecified atom stereocenters. The van der Waals surface area contributed by atoms with Crippen molar-refractivity contribution in [3.8, 4) is 5.69 Å². The van der Waals surface area contributed by atoms with E-state index in [0.29, 0.717) is 11.5 Å². The number of hydrogen-bond acceptors (Lipinski definition) is 2. The van der Waals surface area contributed by atoms with E-state index >= 15 is 0 Å². The second kappa shape index (κ2) is 5.41. The third-order valence-electron chi connectivity index (χ3n) is 4.69. The molecule has 0 radical (unpaired) electrons. The summed E-state index contributed by atoms with van der Waals surface area (Å²) in [5.74, 6) is 0. The summed E-state index contributed by atoms with van der Waals surface area (Å²) in [7, 11) is 0. The number of rotatable bonds is 6. The summed E-state index contributed by atoms with van der Waals surface area (Å²) in [6.07, 6.45) is 9.68. The monoisotopic (exact) mass is 269 g/mol. The number of hydrogen-bond donors (Lipinski definition) is 1. The molecule has 0 saturated heterocycles. The van der Waals surface area contributed by atoms with Gasteiger partial charge in [-0.3, -0.25) is 0 Å². The number of aromatic nitrogens is 2. The molecule has 106 valence electrons. The van der Waals surface area contributed by atoms with Crippen molar-refractivity contribution >= 4 is 0 Å². The SMILES string of the molecule is CCC1(CNC(C)c2ccc(-n3ccnc3)cc2)CC1. The largest absolute Gasteiger partial charge is 0.310 e. The van der Waals surface area contributed by atoms with Gasteiger partial charge in [0.2, 0.25) is 0 Å². The quantitative estimate of drug-likeness (QED) is 0.866. The van der Waals surface area contributed by atoms with Gasteiger partial charge in [0, 0.05) is 30.7 Å². The summed E-state index contributed by atoms with van der Waals surface area (Å²) in [5.41, 5.74) is 3.11. The van der Waals surface area contributed by atoms with Gasteiger partial charge in [-0.05, 0) is 49.3 Å². The third kappa shape index (κ3) is 2.78. The number of nitrogens with one attached hydrogen (secondary N) is 1. The van der Waals surface area contributed by atoms with E-state index in [1.54, 1.807) is 6.20 Å². The Hall–Kier alpha value is -1.61. The molecule has 1 aromatic heterocycles. The van der Waals surface area contributed by atoms with Crippen molar-refractivity contribution < 1.29 is 0 Å². The summed E-state index contributed by atoms with van der Waals surface area (Å²) in [6.45, 7) is 5.70. The molecule has 0 bridgehead atoms. The highest BCUT2D eigenvalue weighted by atomic mass is 15.0. The average molecular weight is 269 g/mol. The lowest BCUT2D eigenvalue weighted by Crippen LogP contribution is -2.26. The highest BCUT2D eigenvalue weighted by Crippen LogP contribution is 2.48. The van der Waals surface area contributed by atoms with Gasteiger partial charge in [0.1, 0.15) is 0 Å². The fraction of sp³-hybridized carbons (Fsp3) is 0.471. The van der Waals surface area contributed by atoms with Gasteiger partial charge in [0.25, 0.3) is 0 Å². The molecule has 1 aromatic carbocycles. The van der Waals surface area contributed by atoms with Gasteiger partial charge in [-0.25, -0.2) is 4.98 Å². The first-order chi connectivity index (χ1) is 9.72. The van der Waals surface area contributed by atoms with Crippen LogP contribution in [0.5, 0.6) is 0 Å². The molecule has 1 N–H and O–H groups in total. The highest BCUT2D eigenvalue weighted by molar-refractivity contribution is 5.35. The van der Waals surface area contributed by atoms with Crippen molar-refractivity contribution in [3.05, 3.63) is 48.5 Å². The average Bonchev–Trinajstić information content (AvgIpc) is 3.07. The molecule has 3 nitrogen and oxygen atoms in total. The Morgan fingerprint density at radius 3 is 2.60 bits per heavy atom. The van der Waals surface area contributed by atoms with Crippen molar-refractivity contribution in [1.82, 2.24) is 14.9 Å². The van der Waals surface area contributed by atoms with Gasteiger partial charge in [-0.1, -0.05) is 19.1 Å². The van der Waals surface area contributed by atoms with E-state index in [9.17, 15) is 0 Å². The molecule has 1 aliphatic carbocycles. The van der Waals surface area contributed by atoms with Crippen LogP contribution in [0.15, 0.2) is 43.0 Å². The molecule has 1 saturated carbocycles. The molecule has 3 rings (SSSR count). The van der Waals surface area contributed by atoms with E-state index in [1.165, 1.54) is 24.8 Å². The lowest BCUT2D eigenvalue weighted by Gasteiger charge is -2.19. The maximum atomic E-state index is 4.08. The lowest BCUT2D eigenvalue weighted by molar-refractivity contribution is 0.415. The topological polar surface area (TPSA) is 29.9 Å². The molecular formula is C17H23N3. The number of imidazole rings is 1. The minimum Gasteiger partial charge on any atom is -0.310 e. The van der Waals surface area contributed by atoms with Crippen LogP contribution in [0.1, 0.15) is 44.7 Å². The van der Waals surface area contributed by atoms with Gasteiger partial charge in [0.15, 0.2) is 0 Å². The highest BCUT2D eigenvalue weighted by Gasteiger charge is 2.40. The van der Waals surface area contributed by atoms with Crippen molar-refractivity contribution in [1.29, 1.82) is 0 Å². The van der Waals surface area contributed by atoms with Gasteiger partial charge in [0.05, 0.1) is 6.33 Å². The van der Waals surface area contributed by atoms with Gasteiger partial charge < -0.3 is 9.88 Å². The smallest absolute Gasteiger partial charge is 0.0991 e. The van der Waals surface area contributed by atoms with Crippen LogP contribution in [0, 0.1) is 5.41 Å². The zero-order chi connectivity index (χ0) is 14.0. The van der Waals surface area contributed by atoms with Crippen LogP contribution in [0.4, 0.5) is 0 Å². The van der Waals surface area contributed by atoms with Crippen LogP contribution in [0.3, 0.4) is 0 Å². The van der Waals surface area contributed by atoms with Crippen LogP contribution >= 0.6 is 0 Å². The standard InChI is InChI=1S/C17H23N3/c1-3-17(8-9-17)12-19-14(2)15-4-6-16(7-5-15)20-11-10-18-13-20/h4-7,10-11,13-14,19H,3,8-9,12H2,1-2H3. The predicted octanol–water partition coefficient (Wildman–Crippen LogP) is 3.71. The minimum atomic E-state index is 0.413. The zero-order valence-corrected chi connectivity index (χ0v) is 12.3. The molecule has 3 heteroatoms. The van der Waals surface area contributed by atoms with E-state index in [1.807, 2.05) is 17.1 Å². The Morgan fingerprint density at radius 1 is 1.30 bits per heavy atom. The Labute approximate surface area is 121 Å². The zero-order valence-electron chi connectivity index (χ0n) is 12.3. The van der Waals surface area contributed by atoms with Crippen LogP contribution in [-0.2, 0) is 0 Å². The Balaban J connectivity index is 1.62. The summed E-state index contributed by atoms with van der Waals surface area (Å²) in [5, 5.41) is 3.69. The summed E-state index contributed by atoms with van der Waals surface area (Å²) >= 11 is 0. The molecule has 1 heterocycles. The first kappa shape index (κ1) is 13.4. The first-order valence-corrected chi connectivity index (χ1v) is 7.54. The Bertz CT molecular complexity index is 538. The fourth-order valence-electron chi connectivity index (χ4n) is 2.67. The van der Waals surface area contributed by atoms with E-state index in [2.05, 4.69) is 48.4 Å². The van der Waals surface area contributed by atoms with Crippen LogP contribution in [0.25, 0.3) is 5.69 Å². The summed E-state index contributed by atoms with van der Waals surface area (Å²) in [4.78, 5) is 4.08. The first-order valence-electron chi connectivity index (χ1n) is 7.54. The fourth-order valence-corrected chi connectivity index (χ4v) is 2.67. The van der Waals surface area contributed by atoms with Gasteiger partial charge in [-0.2, -0.15) is 0 Å². The third-order valence-corrected chi connectivity index (χ3v) is 4.69. The maximum Gasteiger partial charge on any atom is 0.0991 e. The Kier molecular flexibility index (Phi) is 3.62. The van der Waals surface area contributed by atoms with Crippen molar-refractivity contribution in [2.24, 2.45) is 5.41 Å². The molecule has 1 fully saturated rings. The number of benzene rings is 1. The second-order valence-electron chi connectivity index (χ2n) is 6.02. The maximum absolute atomic E-state index is 4.08. The second-order valence-corrected chi connectivity index (χ2v) is 6.02. The Morgan fingerprint density at radius 2 is 2.05 bits per heavy atom. The van der Waals surface area contributed by atoms with E-state index < -0.39 is 0 Å². The minimum absolute atomic E-state index is 0.413. The lowest BCUT2D eigenvalue weighted by atomic mass is 10.0. The molecule has 1 atom stereocenters. The molecular weight excluding hydrogens is 246 g/mol. The summed E-state index contributed by atoms with van der Waals surface area (Å²) < 4.78 is 2.03. The molecule has 20 heavy (non-hydrogen) atoms.